The first kappa shape index (κ1) is 13.3. The Bertz CT molecular complexity index is 237. The molecule has 1 atom stereocenters. The van der Waals surface area contributed by atoms with Gasteiger partial charge in [0.2, 0.25) is 5.91 Å². The van der Waals surface area contributed by atoms with Crippen LogP contribution in [0.1, 0.15) is 26.2 Å². The highest BCUT2D eigenvalue weighted by molar-refractivity contribution is 5.76. The zero-order valence-electron chi connectivity index (χ0n) is 9.31. The summed E-state index contributed by atoms with van der Waals surface area (Å²) in [6, 6.07) is 0.0507. The van der Waals surface area contributed by atoms with Crippen molar-refractivity contribution >= 4 is 5.91 Å². The van der Waals surface area contributed by atoms with Gasteiger partial charge < -0.3 is 10.2 Å². The van der Waals surface area contributed by atoms with Gasteiger partial charge >= 0.3 is 6.18 Å². The summed E-state index contributed by atoms with van der Waals surface area (Å²) in [5.41, 5.74) is 0. The Kier molecular flexibility index (Phi) is 4.58. The molecule has 0 aromatic heterocycles. The van der Waals surface area contributed by atoms with Crippen molar-refractivity contribution in [2.45, 2.75) is 38.4 Å². The second-order valence-electron chi connectivity index (χ2n) is 4.02. The van der Waals surface area contributed by atoms with Gasteiger partial charge in [0.1, 0.15) is 6.54 Å². The molecule has 94 valence electrons. The molecule has 0 spiro atoms. The molecule has 0 aromatic carbocycles. The molecule has 0 aromatic rings. The normalized spacial score (nSPS) is 21.1. The standard InChI is InChI=1S/C10H17F3N2O/c1-2-15(7-10(11,12)13)9(16)6-8-4-3-5-14-8/h8,14H,2-7H2,1H3. The number of halogens is 3. The van der Waals surface area contributed by atoms with Crippen LogP contribution in [0.25, 0.3) is 0 Å². The van der Waals surface area contributed by atoms with Crippen LogP contribution in [0.2, 0.25) is 0 Å². The van der Waals surface area contributed by atoms with E-state index >= 15 is 0 Å². The predicted molar refractivity (Wildman–Crippen MR) is 54.0 cm³/mol. The summed E-state index contributed by atoms with van der Waals surface area (Å²) >= 11 is 0. The maximum Gasteiger partial charge on any atom is 0.406 e. The van der Waals surface area contributed by atoms with Gasteiger partial charge in [-0.15, -0.1) is 0 Å². The quantitative estimate of drug-likeness (QED) is 0.805. The number of nitrogens with zero attached hydrogens (tertiary/aromatic N) is 1. The Labute approximate surface area is 93.0 Å². The Morgan fingerprint density at radius 1 is 1.50 bits per heavy atom. The summed E-state index contributed by atoms with van der Waals surface area (Å²) in [5.74, 6) is -0.417. The van der Waals surface area contributed by atoms with E-state index in [1.165, 1.54) is 0 Å². The fraction of sp³-hybridized carbons (Fsp3) is 0.900. The van der Waals surface area contributed by atoms with Crippen molar-refractivity contribution < 1.29 is 18.0 Å². The highest BCUT2D eigenvalue weighted by Gasteiger charge is 2.33. The molecule has 1 fully saturated rings. The van der Waals surface area contributed by atoms with Crippen molar-refractivity contribution in [3.05, 3.63) is 0 Å². The van der Waals surface area contributed by atoms with E-state index in [1.807, 2.05) is 0 Å². The van der Waals surface area contributed by atoms with Gasteiger partial charge in [-0.2, -0.15) is 13.2 Å². The lowest BCUT2D eigenvalue weighted by Crippen LogP contribution is -2.41. The van der Waals surface area contributed by atoms with Gasteiger partial charge in [-0.1, -0.05) is 0 Å². The molecular weight excluding hydrogens is 221 g/mol. The molecule has 1 heterocycles. The topological polar surface area (TPSA) is 32.3 Å². The van der Waals surface area contributed by atoms with Gasteiger partial charge in [-0.05, 0) is 26.3 Å². The fourth-order valence-electron chi connectivity index (χ4n) is 1.86. The highest BCUT2D eigenvalue weighted by Crippen LogP contribution is 2.18. The Morgan fingerprint density at radius 3 is 2.62 bits per heavy atom. The van der Waals surface area contributed by atoms with E-state index in [2.05, 4.69) is 5.32 Å². The molecule has 16 heavy (non-hydrogen) atoms. The second kappa shape index (κ2) is 5.52. The number of alkyl halides is 3. The molecule has 1 aliphatic rings. The Morgan fingerprint density at radius 2 is 2.19 bits per heavy atom. The molecule has 1 aliphatic heterocycles. The van der Waals surface area contributed by atoms with Crippen LogP contribution in [0.5, 0.6) is 0 Å². The average Bonchev–Trinajstić information content (AvgIpc) is 2.65. The third-order valence-electron chi connectivity index (χ3n) is 2.69. The predicted octanol–water partition coefficient (Wildman–Crippen LogP) is 1.54. The summed E-state index contributed by atoms with van der Waals surface area (Å²) in [6.45, 7) is 1.37. The molecule has 0 aliphatic carbocycles. The SMILES string of the molecule is CCN(CC(F)(F)F)C(=O)CC1CCCN1. The van der Waals surface area contributed by atoms with Crippen LogP contribution in [0.3, 0.4) is 0 Å². The molecule has 1 N–H and O–H groups in total. The first-order valence-electron chi connectivity index (χ1n) is 5.50. The molecule has 0 radical (unpaired) electrons. The van der Waals surface area contributed by atoms with E-state index in [1.54, 1.807) is 6.92 Å². The third kappa shape index (κ3) is 4.38. The molecule has 1 unspecified atom stereocenters. The number of nitrogens with one attached hydrogen (secondary N) is 1. The molecule has 0 bridgehead atoms. The van der Waals surface area contributed by atoms with E-state index in [0.717, 1.165) is 24.3 Å². The van der Waals surface area contributed by atoms with Crippen LogP contribution in [-0.4, -0.2) is 42.7 Å². The maximum absolute atomic E-state index is 12.2. The summed E-state index contributed by atoms with van der Waals surface area (Å²) in [4.78, 5) is 12.5. The number of rotatable bonds is 4. The lowest BCUT2D eigenvalue weighted by atomic mass is 10.1. The molecule has 3 nitrogen and oxygen atoms in total. The number of carbonyl (C=O) groups excluding carboxylic acids is 1. The number of hydrogen-bond donors (Lipinski definition) is 1. The van der Waals surface area contributed by atoms with E-state index in [4.69, 9.17) is 0 Å². The Hall–Kier alpha value is -0.780. The number of carbonyl (C=O) groups is 1. The van der Waals surface area contributed by atoms with Crippen molar-refractivity contribution in [3.8, 4) is 0 Å². The van der Waals surface area contributed by atoms with Gasteiger partial charge in [0.15, 0.2) is 0 Å². The van der Waals surface area contributed by atoms with Crippen LogP contribution in [-0.2, 0) is 4.79 Å². The van der Waals surface area contributed by atoms with Crippen LogP contribution in [0.15, 0.2) is 0 Å². The summed E-state index contributed by atoms with van der Waals surface area (Å²) in [7, 11) is 0. The zero-order valence-corrected chi connectivity index (χ0v) is 9.31. The van der Waals surface area contributed by atoms with E-state index in [0.29, 0.717) is 0 Å². The monoisotopic (exact) mass is 238 g/mol. The molecular formula is C10H17F3N2O. The van der Waals surface area contributed by atoms with Crippen molar-refractivity contribution in [2.75, 3.05) is 19.6 Å². The van der Waals surface area contributed by atoms with Crippen molar-refractivity contribution in [1.82, 2.24) is 10.2 Å². The summed E-state index contributed by atoms with van der Waals surface area (Å²) in [6.07, 6.45) is -2.28. The van der Waals surface area contributed by atoms with Gasteiger partial charge in [0.05, 0.1) is 0 Å². The van der Waals surface area contributed by atoms with Gasteiger partial charge in [-0.25, -0.2) is 0 Å². The van der Waals surface area contributed by atoms with E-state index in [-0.39, 0.29) is 19.0 Å². The minimum atomic E-state index is -4.31. The molecule has 1 amide bonds. The van der Waals surface area contributed by atoms with Crippen LogP contribution in [0, 0.1) is 0 Å². The largest absolute Gasteiger partial charge is 0.406 e. The minimum absolute atomic E-state index is 0.0507. The lowest BCUT2D eigenvalue weighted by molar-refractivity contribution is -0.161. The fourth-order valence-corrected chi connectivity index (χ4v) is 1.86. The van der Waals surface area contributed by atoms with Crippen molar-refractivity contribution in [2.24, 2.45) is 0 Å². The molecule has 1 saturated heterocycles. The van der Waals surface area contributed by atoms with Crippen molar-refractivity contribution in [3.63, 3.8) is 0 Å². The third-order valence-corrected chi connectivity index (χ3v) is 2.69. The molecule has 6 heteroatoms. The lowest BCUT2D eigenvalue weighted by Gasteiger charge is -2.23. The van der Waals surface area contributed by atoms with Gasteiger partial charge in [0.25, 0.3) is 0 Å². The number of hydrogen-bond acceptors (Lipinski definition) is 2. The van der Waals surface area contributed by atoms with E-state index in [9.17, 15) is 18.0 Å². The smallest absolute Gasteiger partial charge is 0.334 e. The molecule has 1 rings (SSSR count). The van der Waals surface area contributed by atoms with Crippen LogP contribution < -0.4 is 5.32 Å². The maximum atomic E-state index is 12.2. The first-order valence-corrected chi connectivity index (χ1v) is 5.50. The Balaban J connectivity index is 2.42. The first-order chi connectivity index (χ1) is 7.42. The summed E-state index contributed by atoms with van der Waals surface area (Å²) < 4.78 is 36.5. The molecule has 0 saturated carbocycles. The number of amides is 1. The second-order valence-corrected chi connectivity index (χ2v) is 4.02. The average molecular weight is 238 g/mol. The van der Waals surface area contributed by atoms with Crippen molar-refractivity contribution in [1.29, 1.82) is 0 Å². The van der Waals surface area contributed by atoms with Crippen LogP contribution in [0.4, 0.5) is 13.2 Å². The van der Waals surface area contributed by atoms with E-state index < -0.39 is 18.6 Å². The summed E-state index contributed by atoms with van der Waals surface area (Å²) in [5, 5.41) is 3.10. The zero-order chi connectivity index (χ0) is 12.2. The van der Waals surface area contributed by atoms with Crippen LogP contribution >= 0.6 is 0 Å². The minimum Gasteiger partial charge on any atom is -0.334 e. The van der Waals surface area contributed by atoms with Gasteiger partial charge in [-0.3, -0.25) is 4.79 Å². The van der Waals surface area contributed by atoms with Gasteiger partial charge in [0, 0.05) is 19.0 Å². The highest BCUT2D eigenvalue weighted by atomic mass is 19.4.